The first-order chi connectivity index (χ1) is 17.9. The van der Waals surface area contributed by atoms with Gasteiger partial charge in [0.1, 0.15) is 35.5 Å². The van der Waals surface area contributed by atoms with Gasteiger partial charge in [-0.25, -0.2) is 4.79 Å². The molecule has 9 heteroatoms. The molecule has 0 saturated heterocycles. The molecule has 8 nitrogen and oxygen atoms in total. The van der Waals surface area contributed by atoms with Crippen LogP contribution in [0.4, 0.5) is 0 Å². The summed E-state index contributed by atoms with van der Waals surface area (Å²) in [5.41, 5.74) is 7.75. The van der Waals surface area contributed by atoms with Crippen molar-refractivity contribution in [3.05, 3.63) is 101 Å². The highest BCUT2D eigenvalue weighted by molar-refractivity contribution is 6.32. The second-order valence-electron chi connectivity index (χ2n) is 7.83. The Morgan fingerprint density at radius 3 is 2.68 bits per heavy atom. The van der Waals surface area contributed by atoms with E-state index in [1.165, 1.54) is 13.2 Å². The van der Waals surface area contributed by atoms with Crippen LogP contribution in [0.5, 0.6) is 28.7 Å². The van der Waals surface area contributed by atoms with Gasteiger partial charge in [-0.15, -0.1) is 0 Å². The van der Waals surface area contributed by atoms with Crippen LogP contribution in [0.15, 0.2) is 84.8 Å². The summed E-state index contributed by atoms with van der Waals surface area (Å²) in [6.45, 7) is 3.62. The number of nitriles is 1. The summed E-state index contributed by atoms with van der Waals surface area (Å²) in [7, 11) is 1.53. The van der Waals surface area contributed by atoms with E-state index in [0.717, 1.165) is 5.56 Å². The SMILES string of the molecule is C=CCOc1ccc(C2C(C#N)=C(N)Oc3cc(OC(=O)COc4ccccc4Cl)ccc32)cc1OC. The van der Waals surface area contributed by atoms with Gasteiger partial charge in [0.25, 0.3) is 0 Å². The third-order valence-electron chi connectivity index (χ3n) is 5.48. The second kappa shape index (κ2) is 11.4. The monoisotopic (exact) mass is 518 g/mol. The van der Waals surface area contributed by atoms with Gasteiger partial charge in [-0.2, -0.15) is 5.26 Å². The van der Waals surface area contributed by atoms with Gasteiger partial charge in [0, 0.05) is 11.6 Å². The Hall–Kier alpha value is -4.61. The Labute approximate surface area is 219 Å². The summed E-state index contributed by atoms with van der Waals surface area (Å²) in [5, 5.41) is 10.2. The van der Waals surface area contributed by atoms with Gasteiger partial charge in [0.15, 0.2) is 18.1 Å². The molecule has 2 N–H and O–H groups in total. The molecule has 4 rings (SSSR count). The lowest BCUT2D eigenvalue weighted by atomic mass is 9.83. The Kier molecular flexibility index (Phi) is 7.86. The number of nitrogens with zero attached hydrogens (tertiary/aromatic N) is 1. The zero-order chi connectivity index (χ0) is 26.4. The van der Waals surface area contributed by atoms with Crippen molar-refractivity contribution in [2.45, 2.75) is 5.92 Å². The van der Waals surface area contributed by atoms with E-state index >= 15 is 0 Å². The van der Waals surface area contributed by atoms with Crippen molar-refractivity contribution in [1.82, 2.24) is 0 Å². The fourth-order valence-electron chi connectivity index (χ4n) is 3.83. The van der Waals surface area contributed by atoms with Gasteiger partial charge in [0.2, 0.25) is 5.88 Å². The number of fused-ring (bicyclic) bond motifs is 1. The van der Waals surface area contributed by atoms with Crippen LogP contribution in [0.1, 0.15) is 17.0 Å². The molecule has 1 heterocycles. The van der Waals surface area contributed by atoms with Crippen LogP contribution in [0.25, 0.3) is 0 Å². The smallest absolute Gasteiger partial charge is 0.349 e. The minimum absolute atomic E-state index is 0.0449. The molecule has 0 bridgehead atoms. The Balaban J connectivity index is 1.58. The number of hydrogen-bond donors (Lipinski definition) is 1. The van der Waals surface area contributed by atoms with Crippen LogP contribution in [0, 0.1) is 11.3 Å². The lowest BCUT2D eigenvalue weighted by Crippen LogP contribution is -2.22. The van der Waals surface area contributed by atoms with Crippen LogP contribution >= 0.6 is 11.6 Å². The fourth-order valence-corrected chi connectivity index (χ4v) is 4.02. The van der Waals surface area contributed by atoms with E-state index in [9.17, 15) is 10.1 Å². The first kappa shape index (κ1) is 25.5. The number of benzene rings is 3. The molecule has 0 aromatic heterocycles. The van der Waals surface area contributed by atoms with E-state index in [1.807, 2.05) is 6.07 Å². The summed E-state index contributed by atoms with van der Waals surface area (Å²) in [6, 6.07) is 19.2. The lowest BCUT2D eigenvalue weighted by Gasteiger charge is -2.27. The van der Waals surface area contributed by atoms with Crippen molar-refractivity contribution >= 4 is 17.6 Å². The van der Waals surface area contributed by atoms with Gasteiger partial charge in [-0.1, -0.05) is 48.5 Å². The summed E-state index contributed by atoms with van der Waals surface area (Å²) in [5.74, 6) is 0.765. The highest BCUT2D eigenvalue weighted by Gasteiger charge is 2.31. The normalized spacial score (nSPS) is 14.0. The Morgan fingerprint density at radius 1 is 1.14 bits per heavy atom. The molecule has 1 aliphatic heterocycles. The number of halogens is 1. The molecule has 1 unspecified atom stereocenters. The van der Waals surface area contributed by atoms with E-state index in [2.05, 4.69) is 12.6 Å². The molecule has 188 valence electrons. The summed E-state index contributed by atoms with van der Waals surface area (Å²) >= 11 is 6.05. The first-order valence-electron chi connectivity index (χ1n) is 11.2. The van der Waals surface area contributed by atoms with E-state index in [-0.39, 0.29) is 23.8 Å². The molecular formula is C28H23ClN2O6. The summed E-state index contributed by atoms with van der Waals surface area (Å²) in [4.78, 5) is 12.4. The zero-order valence-electron chi connectivity index (χ0n) is 19.9. The fraction of sp³-hybridized carbons (Fsp3) is 0.143. The number of ether oxygens (including phenoxy) is 5. The number of nitrogens with two attached hydrogens (primary N) is 1. The molecule has 0 spiro atoms. The predicted molar refractivity (Wildman–Crippen MR) is 137 cm³/mol. The number of rotatable bonds is 9. The number of esters is 1. The topological polar surface area (TPSA) is 113 Å². The van der Waals surface area contributed by atoms with Crippen molar-refractivity contribution in [3.63, 3.8) is 0 Å². The molecule has 0 radical (unpaired) electrons. The predicted octanol–water partition coefficient (Wildman–Crippen LogP) is 5.12. The summed E-state index contributed by atoms with van der Waals surface area (Å²) in [6.07, 6.45) is 1.63. The maximum Gasteiger partial charge on any atom is 0.349 e. The van der Waals surface area contributed by atoms with Gasteiger partial charge >= 0.3 is 5.97 Å². The lowest BCUT2D eigenvalue weighted by molar-refractivity contribution is -0.136. The molecule has 1 atom stereocenters. The van der Waals surface area contributed by atoms with Crippen molar-refractivity contribution in [2.75, 3.05) is 20.3 Å². The minimum atomic E-state index is -0.631. The van der Waals surface area contributed by atoms with Crippen LogP contribution in [0.3, 0.4) is 0 Å². The molecule has 1 aliphatic rings. The largest absolute Gasteiger partial charge is 0.493 e. The molecular weight excluding hydrogens is 496 g/mol. The number of hydrogen-bond acceptors (Lipinski definition) is 8. The van der Waals surface area contributed by atoms with Gasteiger partial charge in [0.05, 0.1) is 18.1 Å². The number of methoxy groups -OCH3 is 1. The number of carbonyl (C=O) groups is 1. The molecule has 0 fully saturated rings. The third-order valence-corrected chi connectivity index (χ3v) is 5.79. The maximum absolute atomic E-state index is 12.4. The molecule has 3 aromatic carbocycles. The van der Waals surface area contributed by atoms with Crippen molar-refractivity contribution in [1.29, 1.82) is 5.26 Å². The van der Waals surface area contributed by atoms with E-state index < -0.39 is 11.9 Å². The van der Waals surface area contributed by atoms with E-state index in [1.54, 1.807) is 54.6 Å². The number of para-hydroxylation sites is 1. The van der Waals surface area contributed by atoms with Crippen LogP contribution in [-0.2, 0) is 4.79 Å². The second-order valence-corrected chi connectivity index (χ2v) is 8.23. The van der Waals surface area contributed by atoms with Crippen LogP contribution < -0.4 is 29.4 Å². The number of carbonyl (C=O) groups excluding carboxylic acids is 1. The van der Waals surface area contributed by atoms with Gasteiger partial charge in [-0.3, -0.25) is 0 Å². The van der Waals surface area contributed by atoms with Crippen molar-refractivity contribution in [2.24, 2.45) is 5.73 Å². The third kappa shape index (κ3) is 5.63. The molecule has 0 aliphatic carbocycles. The van der Waals surface area contributed by atoms with Crippen LogP contribution in [-0.4, -0.2) is 26.3 Å². The van der Waals surface area contributed by atoms with Gasteiger partial charge < -0.3 is 29.4 Å². The highest BCUT2D eigenvalue weighted by Crippen LogP contribution is 2.45. The number of allylic oxidation sites excluding steroid dienone is 1. The molecule has 37 heavy (non-hydrogen) atoms. The Morgan fingerprint density at radius 2 is 1.95 bits per heavy atom. The highest BCUT2D eigenvalue weighted by atomic mass is 35.5. The van der Waals surface area contributed by atoms with Crippen LogP contribution in [0.2, 0.25) is 5.02 Å². The minimum Gasteiger partial charge on any atom is -0.493 e. The zero-order valence-corrected chi connectivity index (χ0v) is 20.7. The standard InChI is InChI=1S/C28H23ClN2O6/c1-3-12-34-23-11-8-17(13-25(23)33-2)27-19-10-9-18(14-24(19)37-28(31)20(27)15-30)36-26(32)16-35-22-7-5-4-6-21(22)29/h3-11,13-14,27H,1,12,16,31H2,2H3. The summed E-state index contributed by atoms with van der Waals surface area (Å²) < 4.78 is 27.7. The average Bonchev–Trinajstić information content (AvgIpc) is 2.90. The van der Waals surface area contributed by atoms with Crippen molar-refractivity contribution < 1.29 is 28.5 Å². The molecule has 0 amide bonds. The quantitative estimate of drug-likeness (QED) is 0.236. The average molecular weight is 519 g/mol. The van der Waals surface area contributed by atoms with E-state index in [4.69, 9.17) is 41.0 Å². The van der Waals surface area contributed by atoms with Crippen molar-refractivity contribution in [3.8, 4) is 34.8 Å². The molecule has 3 aromatic rings. The van der Waals surface area contributed by atoms with Gasteiger partial charge in [-0.05, 0) is 35.9 Å². The Bertz CT molecular complexity index is 1410. The van der Waals surface area contributed by atoms with E-state index in [0.29, 0.717) is 40.2 Å². The first-order valence-corrected chi connectivity index (χ1v) is 11.5. The molecule has 0 saturated carbocycles. The maximum atomic E-state index is 12.4.